The third-order valence-corrected chi connectivity index (χ3v) is 6.65. The highest BCUT2D eigenvalue weighted by Crippen LogP contribution is 2.34. The van der Waals surface area contributed by atoms with Crippen LogP contribution in [0.25, 0.3) is 0 Å². The summed E-state index contributed by atoms with van der Waals surface area (Å²) < 4.78 is 0. The molecule has 6 nitrogen and oxygen atoms in total. The molecule has 1 aliphatic carbocycles. The number of likely N-dealkylation sites (tertiary alicyclic amines) is 1. The Labute approximate surface area is 161 Å². The molecule has 1 N–H and O–H groups in total. The van der Waals surface area contributed by atoms with Crippen LogP contribution in [-0.4, -0.2) is 44.8 Å². The number of amides is 1. The summed E-state index contributed by atoms with van der Waals surface area (Å²) >= 11 is 0. The first-order valence-electron chi connectivity index (χ1n) is 10.7. The van der Waals surface area contributed by atoms with Crippen LogP contribution in [0.1, 0.15) is 81.9 Å². The minimum absolute atomic E-state index is 0.0164. The molecule has 0 unspecified atom stereocenters. The Morgan fingerprint density at radius 2 is 1.89 bits per heavy atom. The van der Waals surface area contributed by atoms with Crippen molar-refractivity contribution in [1.29, 1.82) is 0 Å². The van der Waals surface area contributed by atoms with Crippen molar-refractivity contribution < 1.29 is 4.79 Å². The maximum absolute atomic E-state index is 13.1. The summed E-state index contributed by atoms with van der Waals surface area (Å²) in [6.45, 7) is 6.73. The molecule has 1 aromatic heterocycles. The smallest absolute Gasteiger partial charge is 0.255 e. The lowest BCUT2D eigenvalue weighted by atomic mass is 9.88. The molecule has 0 spiro atoms. The quantitative estimate of drug-likeness (QED) is 0.886. The second-order valence-corrected chi connectivity index (χ2v) is 8.72. The molecular weight excluding hydrogens is 340 g/mol. The second kappa shape index (κ2) is 7.74. The zero-order chi connectivity index (χ0) is 19.0. The molecule has 1 saturated heterocycles. The first-order valence-corrected chi connectivity index (χ1v) is 10.7. The fourth-order valence-corrected chi connectivity index (χ4v) is 4.96. The van der Waals surface area contributed by atoms with Crippen LogP contribution in [0.2, 0.25) is 0 Å². The summed E-state index contributed by atoms with van der Waals surface area (Å²) in [5, 5.41) is 0. The third-order valence-electron chi connectivity index (χ3n) is 6.65. The van der Waals surface area contributed by atoms with Gasteiger partial charge in [-0.3, -0.25) is 14.5 Å². The maximum Gasteiger partial charge on any atom is 0.255 e. The van der Waals surface area contributed by atoms with Gasteiger partial charge in [-0.05, 0) is 39.5 Å². The SMILES string of the molecule is CC(C)N1CCc2nc([C@H]3CCCN3C(=O)C3CCCCC3)[nH]c(=O)c2C1. The zero-order valence-electron chi connectivity index (χ0n) is 16.7. The van der Waals surface area contributed by atoms with Crippen LogP contribution in [0.5, 0.6) is 0 Å². The van der Waals surface area contributed by atoms with Crippen molar-refractivity contribution in [2.75, 3.05) is 13.1 Å². The minimum Gasteiger partial charge on any atom is -0.332 e. The normalized spacial score (nSPS) is 24.4. The molecule has 27 heavy (non-hydrogen) atoms. The van der Waals surface area contributed by atoms with Gasteiger partial charge in [-0.25, -0.2) is 4.98 Å². The maximum atomic E-state index is 13.1. The first kappa shape index (κ1) is 18.7. The van der Waals surface area contributed by atoms with E-state index in [1.807, 2.05) is 4.90 Å². The molecule has 0 radical (unpaired) electrons. The molecule has 0 bridgehead atoms. The summed E-state index contributed by atoms with van der Waals surface area (Å²) in [6, 6.07) is 0.371. The Bertz CT molecular complexity index is 751. The molecule has 3 heterocycles. The lowest BCUT2D eigenvalue weighted by Crippen LogP contribution is -2.41. The summed E-state index contributed by atoms with van der Waals surface area (Å²) in [5.41, 5.74) is 1.72. The van der Waals surface area contributed by atoms with Gasteiger partial charge in [0.2, 0.25) is 5.91 Å². The monoisotopic (exact) mass is 372 g/mol. The van der Waals surface area contributed by atoms with E-state index in [-0.39, 0.29) is 23.4 Å². The van der Waals surface area contributed by atoms with Crippen molar-refractivity contribution >= 4 is 5.91 Å². The average molecular weight is 373 g/mol. The van der Waals surface area contributed by atoms with E-state index in [0.717, 1.165) is 69.3 Å². The zero-order valence-corrected chi connectivity index (χ0v) is 16.7. The number of hydrogen-bond acceptors (Lipinski definition) is 4. The van der Waals surface area contributed by atoms with E-state index in [4.69, 9.17) is 4.98 Å². The number of aromatic nitrogens is 2. The largest absolute Gasteiger partial charge is 0.332 e. The summed E-state index contributed by atoms with van der Waals surface area (Å²) in [5.74, 6) is 1.16. The Hall–Kier alpha value is -1.69. The summed E-state index contributed by atoms with van der Waals surface area (Å²) in [4.78, 5) is 38.0. The fourth-order valence-electron chi connectivity index (χ4n) is 4.96. The molecule has 0 aromatic carbocycles. The highest BCUT2D eigenvalue weighted by atomic mass is 16.2. The van der Waals surface area contributed by atoms with E-state index < -0.39 is 0 Å². The van der Waals surface area contributed by atoms with E-state index in [1.165, 1.54) is 6.42 Å². The summed E-state index contributed by atoms with van der Waals surface area (Å²) in [6.07, 6.45) is 8.31. The lowest BCUT2D eigenvalue weighted by Gasteiger charge is -2.32. The molecule has 4 rings (SSSR count). The van der Waals surface area contributed by atoms with Gasteiger partial charge in [0, 0.05) is 38.0 Å². The molecule has 2 aliphatic heterocycles. The molecule has 2 fully saturated rings. The predicted octanol–water partition coefficient (Wildman–Crippen LogP) is 2.78. The Kier molecular flexibility index (Phi) is 5.35. The van der Waals surface area contributed by atoms with E-state index >= 15 is 0 Å². The molecule has 1 aromatic rings. The van der Waals surface area contributed by atoms with Gasteiger partial charge in [0.25, 0.3) is 5.56 Å². The number of carbonyl (C=O) groups is 1. The number of nitrogens with one attached hydrogen (secondary N) is 1. The van der Waals surface area contributed by atoms with E-state index in [9.17, 15) is 9.59 Å². The van der Waals surface area contributed by atoms with Crippen LogP contribution in [0, 0.1) is 5.92 Å². The molecule has 1 atom stereocenters. The molecule has 1 amide bonds. The van der Waals surface area contributed by atoms with Crippen LogP contribution in [-0.2, 0) is 17.8 Å². The number of rotatable bonds is 3. The Balaban J connectivity index is 1.57. The number of fused-ring (bicyclic) bond motifs is 1. The fraction of sp³-hybridized carbons (Fsp3) is 0.762. The lowest BCUT2D eigenvalue weighted by molar-refractivity contribution is -0.137. The van der Waals surface area contributed by atoms with Crippen LogP contribution in [0.4, 0.5) is 0 Å². The van der Waals surface area contributed by atoms with Crippen molar-refractivity contribution in [3.05, 3.63) is 27.4 Å². The van der Waals surface area contributed by atoms with Gasteiger partial charge in [-0.2, -0.15) is 0 Å². The number of nitrogens with zero attached hydrogens (tertiary/aromatic N) is 3. The number of carbonyl (C=O) groups excluding carboxylic acids is 1. The van der Waals surface area contributed by atoms with Gasteiger partial charge >= 0.3 is 0 Å². The number of hydrogen-bond donors (Lipinski definition) is 1. The van der Waals surface area contributed by atoms with Gasteiger partial charge in [0.05, 0.1) is 17.3 Å². The molecule has 3 aliphatic rings. The van der Waals surface area contributed by atoms with Gasteiger partial charge in [0.15, 0.2) is 0 Å². The Morgan fingerprint density at radius 1 is 1.11 bits per heavy atom. The minimum atomic E-state index is -0.0550. The van der Waals surface area contributed by atoms with Crippen LogP contribution in [0.3, 0.4) is 0 Å². The second-order valence-electron chi connectivity index (χ2n) is 8.72. The van der Waals surface area contributed by atoms with E-state index in [1.54, 1.807) is 0 Å². The van der Waals surface area contributed by atoms with Crippen molar-refractivity contribution in [2.45, 2.75) is 83.8 Å². The number of H-pyrrole nitrogens is 1. The Morgan fingerprint density at radius 3 is 2.63 bits per heavy atom. The van der Waals surface area contributed by atoms with E-state index in [0.29, 0.717) is 18.4 Å². The van der Waals surface area contributed by atoms with Crippen molar-refractivity contribution in [3.63, 3.8) is 0 Å². The van der Waals surface area contributed by atoms with Crippen LogP contribution >= 0.6 is 0 Å². The number of aromatic amines is 1. The van der Waals surface area contributed by atoms with Crippen molar-refractivity contribution in [2.24, 2.45) is 5.92 Å². The average Bonchev–Trinajstić information content (AvgIpc) is 3.17. The standard InChI is InChI=1S/C21H32N4O2/c1-14(2)24-12-10-17-16(13-24)20(26)23-19(22-17)18-9-6-11-25(18)21(27)15-7-4-3-5-8-15/h14-15,18H,3-13H2,1-2H3,(H,22,23,26)/t18-/m1/s1. The topological polar surface area (TPSA) is 69.3 Å². The summed E-state index contributed by atoms with van der Waals surface area (Å²) in [7, 11) is 0. The van der Waals surface area contributed by atoms with Crippen molar-refractivity contribution in [3.8, 4) is 0 Å². The van der Waals surface area contributed by atoms with E-state index in [2.05, 4.69) is 23.7 Å². The van der Waals surface area contributed by atoms with Crippen molar-refractivity contribution in [1.82, 2.24) is 19.8 Å². The third kappa shape index (κ3) is 3.68. The molecule has 1 saturated carbocycles. The molecule has 6 heteroatoms. The first-order chi connectivity index (χ1) is 13.0. The van der Waals surface area contributed by atoms with Gasteiger partial charge in [-0.15, -0.1) is 0 Å². The van der Waals surface area contributed by atoms with Gasteiger partial charge < -0.3 is 9.88 Å². The molecular formula is C21H32N4O2. The van der Waals surface area contributed by atoms with Crippen LogP contribution < -0.4 is 5.56 Å². The van der Waals surface area contributed by atoms with Crippen LogP contribution in [0.15, 0.2) is 4.79 Å². The molecule has 148 valence electrons. The highest BCUT2D eigenvalue weighted by Gasteiger charge is 2.36. The highest BCUT2D eigenvalue weighted by molar-refractivity contribution is 5.79. The van der Waals surface area contributed by atoms with Gasteiger partial charge in [0.1, 0.15) is 5.82 Å². The predicted molar refractivity (Wildman–Crippen MR) is 104 cm³/mol. The van der Waals surface area contributed by atoms with Gasteiger partial charge in [-0.1, -0.05) is 19.3 Å².